The summed E-state index contributed by atoms with van der Waals surface area (Å²) in [4.78, 5) is 4.35. The highest BCUT2D eigenvalue weighted by atomic mass is 19.4. The van der Waals surface area contributed by atoms with Gasteiger partial charge in [0, 0.05) is 46.8 Å². The lowest BCUT2D eigenvalue weighted by molar-refractivity contribution is -0.137. The second-order valence-electron chi connectivity index (χ2n) is 6.39. The van der Waals surface area contributed by atoms with Crippen LogP contribution in [-0.2, 0) is 29.2 Å². The second kappa shape index (κ2) is 6.93. The van der Waals surface area contributed by atoms with Crippen molar-refractivity contribution in [3.8, 4) is 0 Å². The van der Waals surface area contributed by atoms with Gasteiger partial charge in [0.1, 0.15) is 5.82 Å². The molecule has 2 heterocycles. The van der Waals surface area contributed by atoms with Gasteiger partial charge in [-0.1, -0.05) is 0 Å². The Kier molecular flexibility index (Phi) is 5.04. The smallest absolute Gasteiger partial charge is 0.381 e. The van der Waals surface area contributed by atoms with E-state index >= 15 is 0 Å². The predicted molar refractivity (Wildman–Crippen MR) is 87.2 cm³/mol. The quantitative estimate of drug-likeness (QED) is 0.894. The van der Waals surface area contributed by atoms with Crippen LogP contribution < -0.4 is 5.32 Å². The highest BCUT2D eigenvalue weighted by Gasteiger charge is 2.32. The normalized spacial score (nSPS) is 18.0. The Balaban J connectivity index is 1.72. The van der Waals surface area contributed by atoms with E-state index in [1.54, 1.807) is 14.2 Å². The number of imidazole rings is 1. The minimum Gasteiger partial charge on any atom is -0.381 e. The number of hydrogen-bond donors (Lipinski definition) is 1. The highest BCUT2D eigenvalue weighted by molar-refractivity contribution is 5.77. The molecule has 0 saturated carbocycles. The van der Waals surface area contributed by atoms with Gasteiger partial charge in [-0.25, -0.2) is 4.98 Å². The first-order valence-electron chi connectivity index (χ1n) is 8.21. The number of ether oxygens (including phenoxy) is 2. The van der Waals surface area contributed by atoms with Crippen molar-refractivity contribution in [2.75, 3.05) is 26.9 Å². The molecule has 5 nitrogen and oxygen atoms in total. The van der Waals surface area contributed by atoms with E-state index in [1.165, 1.54) is 6.07 Å². The van der Waals surface area contributed by atoms with Gasteiger partial charge < -0.3 is 19.4 Å². The summed E-state index contributed by atoms with van der Waals surface area (Å²) in [5.74, 6) is 0.688. The van der Waals surface area contributed by atoms with E-state index in [1.807, 2.05) is 4.57 Å². The van der Waals surface area contributed by atoms with Crippen molar-refractivity contribution >= 4 is 11.0 Å². The second-order valence-corrected chi connectivity index (χ2v) is 6.39. The van der Waals surface area contributed by atoms with Crippen LogP contribution in [0.3, 0.4) is 0 Å². The van der Waals surface area contributed by atoms with Gasteiger partial charge in [-0.05, 0) is 18.2 Å². The van der Waals surface area contributed by atoms with Gasteiger partial charge >= 0.3 is 6.18 Å². The van der Waals surface area contributed by atoms with Crippen LogP contribution in [0.15, 0.2) is 18.2 Å². The molecule has 1 aromatic heterocycles. The molecule has 1 fully saturated rings. The van der Waals surface area contributed by atoms with Crippen LogP contribution in [0.1, 0.15) is 24.2 Å². The third kappa shape index (κ3) is 3.80. The summed E-state index contributed by atoms with van der Waals surface area (Å²) in [7, 11) is 3.50. The maximum absolute atomic E-state index is 12.8. The van der Waals surface area contributed by atoms with Crippen LogP contribution in [0.5, 0.6) is 0 Å². The van der Waals surface area contributed by atoms with E-state index in [0.717, 1.165) is 25.0 Å². The highest BCUT2D eigenvalue weighted by Crippen LogP contribution is 2.31. The summed E-state index contributed by atoms with van der Waals surface area (Å²) in [6, 6.07) is 3.64. The molecule has 0 bridgehead atoms. The van der Waals surface area contributed by atoms with Gasteiger partial charge in [-0.3, -0.25) is 0 Å². The standard InChI is InChI=1S/C17H22F3N3O2/c1-23-14-4-3-12(17(18,19)20)9-13(14)22-15(23)10-21-11-16(24-2)5-7-25-8-6-16/h3-4,9,21H,5-8,10-11H2,1-2H3. The van der Waals surface area contributed by atoms with Crippen LogP contribution in [0.4, 0.5) is 13.2 Å². The van der Waals surface area contributed by atoms with Gasteiger partial charge in [0.25, 0.3) is 0 Å². The summed E-state index contributed by atoms with van der Waals surface area (Å²) in [5, 5.41) is 3.32. The number of alkyl halides is 3. The first-order valence-corrected chi connectivity index (χ1v) is 8.21. The molecule has 25 heavy (non-hydrogen) atoms. The van der Waals surface area contributed by atoms with Crippen LogP contribution in [-0.4, -0.2) is 42.0 Å². The largest absolute Gasteiger partial charge is 0.416 e. The number of aromatic nitrogens is 2. The average molecular weight is 357 g/mol. The fraction of sp³-hybridized carbons (Fsp3) is 0.588. The zero-order valence-corrected chi connectivity index (χ0v) is 14.3. The molecule has 0 spiro atoms. The fourth-order valence-corrected chi connectivity index (χ4v) is 3.18. The Labute approximate surface area is 144 Å². The molecule has 1 aliphatic rings. The molecule has 3 rings (SSSR count). The number of nitrogens with one attached hydrogen (secondary N) is 1. The average Bonchev–Trinajstić information content (AvgIpc) is 2.91. The fourth-order valence-electron chi connectivity index (χ4n) is 3.18. The molecule has 1 aromatic carbocycles. The number of nitrogens with zero attached hydrogens (tertiary/aromatic N) is 2. The van der Waals surface area contributed by atoms with Crippen molar-refractivity contribution in [1.82, 2.24) is 14.9 Å². The van der Waals surface area contributed by atoms with E-state index in [-0.39, 0.29) is 5.60 Å². The van der Waals surface area contributed by atoms with Crippen molar-refractivity contribution in [2.45, 2.75) is 31.2 Å². The third-order valence-corrected chi connectivity index (χ3v) is 4.87. The van der Waals surface area contributed by atoms with Crippen LogP contribution in [0.2, 0.25) is 0 Å². The third-order valence-electron chi connectivity index (χ3n) is 4.87. The molecule has 8 heteroatoms. The molecule has 138 valence electrons. The number of methoxy groups -OCH3 is 1. The summed E-state index contributed by atoms with van der Waals surface area (Å²) in [5.41, 5.74) is 0.0869. The van der Waals surface area contributed by atoms with E-state index < -0.39 is 11.7 Å². The van der Waals surface area contributed by atoms with E-state index in [2.05, 4.69) is 10.3 Å². The molecule has 0 unspecified atom stereocenters. The number of hydrogen-bond acceptors (Lipinski definition) is 4. The van der Waals surface area contributed by atoms with Gasteiger partial charge in [0.05, 0.1) is 28.7 Å². The number of halogens is 3. The topological polar surface area (TPSA) is 48.3 Å². The van der Waals surface area contributed by atoms with E-state index in [4.69, 9.17) is 9.47 Å². The SMILES string of the molecule is COC1(CNCc2nc3cc(C(F)(F)F)ccc3n2C)CCOCC1. The number of rotatable bonds is 5. The predicted octanol–water partition coefficient (Wildman–Crippen LogP) is 2.88. The van der Waals surface area contributed by atoms with Crippen molar-refractivity contribution < 1.29 is 22.6 Å². The van der Waals surface area contributed by atoms with E-state index in [0.29, 0.717) is 43.2 Å². The number of aryl methyl sites for hydroxylation is 1. The van der Waals surface area contributed by atoms with E-state index in [9.17, 15) is 13.2 Å². The summed E-state index contributed by atoms with van der Waals surface area (Å²) >= 11 is 0. The Morgan fingerprint density at radius 1 is 1.32 bits per heavy atom. The summed E-state index contributed by atoms with van der Waals surface area (Å²) < 4.78 is 51.4. The Hall–Kier alpha value is -1.64. The van der Waals surface area contributed by atoms with Crippen molar-refractivity contribution in [1.29, 1.82) is 0 Å². The molecule has 0 amide bonds. The molecule has 1 N–H and O–H groups in total. The van der Waals surface area contributed by atoms with Crippen molar-refractivity contribution in [2.24, 2.45) is 7.05 Å². The van der Waals surface area contributed by atoms with Crippen LogP contribution in [0.25, 0.3) is 11.0 Å². The van der Waals surface area contributed by atoms with Crippen molar-refractivity contribution in [3.63, 3.8) is 0 Å². The Morgan fingerprint density at radius 2 is 2.04 bits per heavy atom. The maximum Gasteiger partial charge on any atom is 0.416 e. The molecule has 0 atom stereocenters. The summed E-state index contributed by atoms with van der Waals surface area (Å²) in [6.45, 7) is 2.44. The molecule has 1 saturated heterocycles. The van der Waals surface area contributed by atoms with Crippen molar-refractivity contribution in [3.05, 3.63) is 29.6 Å². The zero-order valence-electron chi connectivity index (χ0n) is 14.3. The number of benzene rings is 1. The lowest BCUT2D eigenvalue weighted by atomic mass is 9.94. The molecule has 0 aliphatic carbocycles. The number of fused-ring (bicyclic) bond motifs is 1. The van der Waals surface area contributed by atoms with Gasteiger partial charge in [0.15, 0.2) is 0 Å². The lowest BCUT2D eigenvalue weighted by Crippen LogP contribution is -2.46. The minimum atomic E-state index is -4.36. The zero-order chi connectivity index (χ0) is 18.1. The van der Waals surface area contributed by atoms with Gasteiger partial charge in [0.2, 0.25) is 0 Å². The molecular formula is C17H22F3N3O2. The molecule has 2 aromatic rings. The minimum absolute atomic E-state index is 0.258. The Bertz CT molecular complexity index is 737. The lowest BCUT2D eigenvalue weighted by Gasteiger charge is -2.36. The first-order chi connectivity index (χ1) is 11.8. The van der Waals surface area contributed by atoms with Gasteiger partial charge in [-0.15, -0.1) is 0 Å². The molecule has 1 aliphatic heterocycles. The molecule has 0 radical (unpaired) electrons. The maximum atomic E-state index is 12.8. The Morgan fingerprint density at radius 3 is 2.68 bits per heavy atom. The summed E-state index contributed by atoms with van der Waals surface area (Å²) in [6.07, 6.45) is -2.74. The van der Waals surface area contributed by atoms with Crippen LogP contribution >= 0.6 is 0 Å². The monoisotopic (exact) mass is 357 g/mol. The first kappa shape index (κ1) is 18.2. The van der Waals surface area contributed by atoms with Crippen LogP contribution in [0, 0.1) is 0 Å². The van der Waals surface area contributed by atoms with Gasteiger partial charge in [-0.2, -0.15) is 13.2 Å². The molecular weight excluding hydrogens is 335 g/mol.